The normalized spacial score (nSPS) is 24.4. The quantitative estimate of drug-likeness (QED) is 0.736. The van der Waals surface area contributed by atoms with Gasteiger partial charge in [-0.1, -0.05) is 0 Å². The summed E-state index contributed by atoms with van der Waals surface area (Å²) in [5, 5.41) is 16.8. The monoisotopic (exact) mass is 236 g/mol. The van der Waals surface area contributed by atoms with E-state index < -0.39 is 5.60 Å². The maximum absolute atomic E-state index is 10.3. The average molecular weight is 236 g/mol. The van der Waals surface area contributed by atoms with Crippen molar-refractivity contribution in [3.05, 3.63) is 24.3 Å². The first kappa shape index (κ1) is 12.2. The van der Waals surface area contributed by atoms with E-state index in [1.165, 1.54) is 0 Å². The molecule has 0 aliphatic carbocycles. The van der Waals surface area contributed by atoms with E-state index in [9.17, 15) is 5.11 Å². The zero-order chi connectivity index (χ0) is 12.1. The minimum atomic E-state index is -0.627. The highest BCUT2D eigenvalue weighted by Crippen LogP contribution is 2.19. The molecule has 94 valence electrons. The van der Waals surface area contributed by atoms with Crippen LogP contribution in [0.25, 0.3) is 0 Å². The van der Waals surface area contributed by atoms with E-state index in [-0.39, 0.29) is 0 Å². The van der Waals surface area contributed by atoms with Gasteiger partial charge < -0.3 is 20.5 Å². The average Bonchev–Trinajstić information content (AvgIpc) is 2.38. The van der Waals surface area contributed by atoms with Crippen molar-refractivity contribution in [1.29, 1.82) is 0 Å². The van der Waals surface area contributed by atoms with Gasteiger partial charge in [0.25, 0.3) is 0 Å². The lowest BCUT2D eigenvalue weighted by atomic mass is 9.94. The Morgan fingerprint density at radius 2 is 2.18 bits per heavy atom. The number of methoxy groups -OCH3 is 1. The molecular weight excluding hydrogens is 216 g/mol. The number of aliphatic hydroxyl groups is 1. The molecule has 4 heteroatoms. The van der Waals surface area contributed by atoms with Gasteiger partial charge in [-0.3, -0.25) is 0 Å². The Hall–Kier alpha value is -1.26. The number of nitrogens with one attached hydrogen (secondary N) is 2. The summed E-state index contributed by atoms with van der Waals surface area (Å²) in [6, 6.07) is 7.73. The number of anilines is 1. The first-order valence-corrected chi connectivity index (χ1v) is 6.03. The summed E-state index contributed by atoms with van der Waals surface area (Å²) in [5.74, 6) is 0.841. The van der Waals surface area contributed by atoms with Crippen molar-refractivity contribution in [2.75, 3.05) is 32.1 Å². The van der Waals surface area contributed by atoms with Gasteiger partial charge in [-0.2, -0.15) is 0 Å². The Balaban J connectivity index is 1.87. The number of ether oxygens (including phenoxy) is 1. The summed E-state index contributed by atoms with van der Waals surface area (Å²) in [6.07, 6.45) is 1.88. The molecule has 1 atom stereocenters. The molecule has 1 aliphatic heterocycles. The van der Waals surface area contributed by atoms with Crippen LogP contribution in [0.3, 0.4) is 0 Å². The zero-order valence-electron chi connectivity index (χ0n) is 10.2. The molecule has 0 radical (unpaired) electrons. The summed E-state index contributed by atoms with van der Waals surface area (Å²) in [5.41, 5.74) is 0.378. The number of piperidine rings is 1. The summed E-state index contributed by atoms with van der Waals surface area (Å²) in [4.78, 5) is 0. The molecule has 0 spiro atoms. The third-order valence-corrected chi connectivity index (χ3v) is 3.16. The lowest BCUT2D eigenvalue weighted by molar-refractivity contribution is 0.0292. The van der Waals surface area contributed by atoms with Gasteiger partial charge in [-0.25, -0.2) is 0 Å². The minimum Gasteiger partial charge on any atom is -0.497 e. The lowest BCUT2D eigenvalue weighted by Gasteiger charge is -2.33. The van der Waals surface area contributed by atoms with Crippen LogP contribution in [0.15, 0.2) is 24.3 Å². The first-order valence-electron chi connectivity index (χ1n) is 6.03. The minimum absolute atomic E-state index is 0.576. The zero-order valence-corrected chi connectivity index (χ0v) is 10.2. The van der Waals surface area contributed by atoms with Gasteiger partial charge >= 0.3 is 0 Å². The van der Waals surface area contributed by atoms with Crippen molar-refractivity contribution < 1.29 is 9.84 Å². The van der Waals surface area contributed by atoms with Crippen LogP contribution in [0.1, 0.15) is 12.8 Å². The predicted octanol–water partition coefficient (Wildman–Crippen LogP) is 1.22. The Kier molecular flexibility index (Phi) is 3.86. The number of hydrogen-bond donors (Lipinski definition) is 3. The molecule has 0 aromatic heterocycles. The van der Waals surface area contributed by atoms with Crippen LogP contribution in [0, 0.1) is 0 Å². The van der Waals surface area contributed by atoms with E-state index in [0.29, 0.717) is 13.1 Å². The number of β-amino-alcohol motifs (C(OH)–C–C–N with tert-alkyl or cyclic N) is 1. The second kappa shape index (κ2) is 5.38. The van der Waals surface area contributed by atoms with Gasteiger partial charge in [0.1, 0.15) is 5.75 Å². The third kappa shape index (κ3) is 3.35. The van der Waals surface area contributed by atoms with Crippen LogP contribution in [-0.4, -0.2) is 37.5 Å². The van der Waals surface area contributed by atoms with Gasteiger partial charge in [0.05, 0.1) is 12.7 Å². The standard InChI is InChI=1S/C13H20N2O2/c1-17-12-5-3-11(4-6-12)15-10-13(16)7-2-8-14-9-13/h3-6,14-16H,2,7-10H2,1H3. The molecule has 17 heavy (non-hydrogen) atoms. The number of benzene rings is 1. The van der Waals surface area contributed by atoms with Crippen LogP contribution in [0.4, 0.5) is 5.69 Å². The fraction of sp³-hybridized carbons (Fsp3) is 0.538. The third-order valence-electron chi connectivity index (χ3n) is 3.16. The molecule has 1 aromatic rings. The van der Waals surface area contributed by atoms with E-state index in [1.54, 1.807) is 7.11 Å². The van der Waals surface area contributed by atoms with E-state index in [1.807, 2.05) is 24.3 Å². The van der Waals surface area contributed by atoms with Crippen molar-refractivity contribution in [3.8, 4) is 5.75 Å². The molecule has 1 unspecified atom stereocenters. The van der Waals surface area contributed by atoms with Crippen LogP contribution in [0.5, 0.6) is 5.75 Å². The Morgan fingerprint density at radius 3 is 2.76 bits per heavy atom. The van der Waals surface area contributed by atoms with E-state index >= 15 is 0 Å². The molecule has 1 saturated heterocycles. The summed E-state index contributed by atoms with van der Waals surface area (Å²) < 4.78 is 5.10. The summed E-state index contributed by atoms with van der Waals surface area (Å²) in [7, 11) is 1.65. The Labute approximate surface area is 102 Å². The van der Waals surface area contributed by atoms with Gasteiger partial charge in [0.15, 0.2) is 0 Å². The molecule has 0 bridgehead atoms. The second-order valence-electron chi connectivity index (χ2n) is 4.59. The maximum Gasteiger partial charge on any atom is 0.119 e. The van der Waals surface area contributed by atoms with Crippen molar-refractivity contribution in [3.63, 3.8) is 0 Å². The van der Waals surface area contributed by atoms with Crippen LogP contribution in [-0.2, 0) is 0 Å². The largest absolute Gasteiger partial charge is 0.497 e. The van der Waals surface area contributed by atoms with E-state index in [0.717, 1.165) is 30.8 Å². The molecule has 2 rings (SSSR count). The van der Waals surface area contributed by atoms with Gasteiger partial charge in [0, 0.05) is 18.8 Å². The summed E-state index contributed by atoms with van der Waals surface area (Å²) >= 11 is 0. The Morgan fingerprint density at radius 1 is 1.41 bits per heavy atom. The Bertz CT molecular complexity index is 345. The molecule has 4 nitrogen and oxygen atoms in total. The molecule has 1 fully saturated rings. The van der Waals surface area contributed by atoms with Crippen molar-refractivity contribution in [1.82, 2.24) is 5.32 Å². The predicted molar refractivity (Wildman–Crippen MR) is 68.5 cm³/mol. The lowest BCUT2D eigenvalue weighted by Crippen LogP contribution is -2.50. The van der Waals surface area contributed by atoms with Gasteiger partial charge in [-0.15, -0.1) is 0 Å². The van der Waals surface area contributed by atoms with Gasteiger partial charge in [0.2, 0.25) is 0 Å². The van der Waals surface area contributed by atoms with Crippen LogP contribution in [0.2, 0.25) is 0 Å². The molecule has 1 heterocycles. The second-order valence-corrected chi connectivity index (χ2v) is 4.59. The smallest absolute Gasteiger partial charge is 0.119 e. The molecule has 1 aliphatic rings. The number of hydrogen-bond acceptors (Lipinski definition) is 4. The molecule has 0 saturated carbocycles. The van der Waals surface area contributed by atoms with E-state index in [2.05, 4.69) is 10.6 Å². The maximum atomic E-state index is 10.3. The van der Waals surface area contributed by atoms with E-state index in [4.69, 9.17) is 4.74 Å². The highest BCUT2D eigenvalue weighted by molar-refractivity contribution is 5.46. The van der Waals surface area contributed by atoms with Gasteiger partial charge in [-0.05, 0) is 43.7 Å². The molecule has 3 N–H and O–H groups in total. The highest BCUT2D eigenvalue weighted by Gasteiger charge is 2.28. The van der Waals surface area contributed by atoms with Crippen LogP contribution >= 0.6 is 0 Å². The molecular formula is C13H20N2O2. The SMILES string of the molecule is COc1ccc(NCC2(O)CCCNC2)cc1. The topological polar surface area (TPSA) is 53.5 Å². The van der Waals surface area contributed by atoms with Crippen molar-refractivity contribution in [2.45, 2.75) is 18.4 Å². The fourth-order valence-corrected chi connectivity index (χ4v) is 2.08. The van der Waals surface area contributed by atoms with Crippen molar-refractivity contribution >= 4 is 5.69 Å². The first-order chi connectivity index (χ1) is 8.22. The molecule has 0 amide bonds. The van der Waals surface area contributed by atoms with Crippen molar-refractivity contribution in [2.24, 2.45) is 0 Å². The fourth-order valence-electron chi connectivity index (χ4n) is 2.08. The molecule has 1 aromatic carbocycles. The highest BCUT2D eigenvalue weighted by atomic mass is 16.5. The number of rotatable bonds is 4. The summed E-state index contributed by atoms with van der Waals surface area (Å²) in [6.45, 7) is 2.24. The van der Waals surface area contributed by atoms with Crippen LogP contribution < -0.4 is 15.4 Å².